The minimum Gasteiger partial charge on any atom is -0.382 e. The van der Waals surface area contributed by atoms with Gasteiger partial charge in [0.1, 0.15) is 0 Å². The van der Waals surface area contributed by atoms with E-state index < -0.39 is 0 Å². The lowest BCUT2D eigenvalue weighted by atomic mass is 9.63. The highest BCUT2D eigenvalue weighted by Gasteiger charge is 2.38. The van der Waals surface area contributed by atoms with Gasteiger partial charge in [-0.15, -0.1) is 0 Å². The minimum absolute atomic E-state index is 0.139. The highest BCUT2D eigenvalue weighted by molar-refractivity contribution is 5.49. The van der Waals surface area contributed by atoms with Crippen molar-refractivity contribution in [1.82, 2.24) is 0 Å². The van der Waals surface area contributed by atoms with Gasteiger partial charge < -0.3 is 5.32 Å². The SMILES string of the molecule is CC1(C)CC(Nc2ccc([N+](=O)[O-])cc2)CC(C)(C)C1. The molecule has 0 heterocycles. The third kappa shape index (κ3) is 3.71. The lowest BCUT2D eigenvalue weighted by Crippen LogP contribution is -2.40. The average Bonchev–Trinajstić information content (AvgIpc) is 2.25. The predicted molar refractivity (Wildman–Crippen MR) is 81.9 cm³/mol. The molecule has 20 heavy (non-hydrogen) atoms. The standard InChI is InChI=1S/C16H24N2O2/c1-15(2)9-13(10-16(3,4)11-15)17-12-5-7-14(8-6-12)18(19)20/h5-8,13,17H,9-11H2,1-4H3. The van der Waals surface area contributed by atoms with Crippen LogP contribution in [0.25, 0.3) is 0 Å². The first-order chi connectivity index (χ1) is 9.17. The Morgan fingerprint density at radius 2 is 1.60 bits per heavy atom. The van der Waals surface area contributed by atoms with Crippen LogP contribution >= 0.6 is 0 Å². The second-order valence-electron chi connectivity index (χ2n) is 7.56. The number of hydrogen-bond acceptors (Lipinski definition) is 3. The van der Waals surface area contributed by atoms with Crippen LogP contribution in [0.15, 0.2) is 24.3 Å². The van der Waals surface area contributed by atoms with Crippen molar-refractivity contribution in [3.05, 3.63) is 34.4 Å². The summed E-state index contributed by atoms with van der Waals surface area (Å²) >= 11 is 0. The number of nitrogens with zero attached hydrogens (tertiary/aromatic N) is 1. The molecule has 0 spiro atoms. The van der Waals surface area contributed by atoms with Crippen molar-refractivity contribution in [3.63, 3.8) is 0 Å². The van der Waals surface area contributed by atoms with Gasteiger partial charge in [-0.1, -0.05) is 27.7 Å². The third-order valence-electron chi connectivity index (χ3n) is 4.00. The van der Waals surface area contributed by atoms with Crippen molar-refractivity contribution in [2.24, 2.45) is 10.8 Å². The molecule has 1 N–H and O–H groups in total. The maximum atomic E-state index is 10.7. The van der Waals surface area contributed by atoms with Crippen molar-refractivity contribution in [3.8, 4) is 0 Å². The van der Waals surface area contributed by atoms with E-state index in [-0.39, 0.29) is 10.6 Å². The number of anilines is 1. The van der Waals surface area contributed by atoms with Crippen LogP contribution in [0, 0.1) is 20.9 Å². The molecule has 1 aliphatic carbocycles. The summed E-state index contributed by atoms with van der Waals surface area (Å²) in [5, 5.41) is 14.2. The van der Waals surface area contributed by atoms with Crippen LogP contribution in [0.5, 0.6) is 0 Å². The third-order valence-corrected chi connectivity index (χ3v) is 4.00. The molecule has 0 amide bonds. The molecule has 1 saturated carbocycles. The Labute approximate surface area is 120 Å². The Morgan fingerprint density at radius 1 is 1.10 bits per heavy atom. The summed E-state index contributed by atoms with van der Waals surface area (Å²) in [5.74, 6) is 0. The highest BCUT2D eigenvalue weighted by Crippen LogP contribution is 2.46. The molecule has 0 unspecified atom stereocenters. The van der Waals surface area contributed by atoms with Gasteiger partial charge in [-0.3, -0.25) is 10.1 Å². The maximum Gasteiger partial charge on any atom is 0.269 e. The number of non-ortho nitro benzene ring substituents is 1. The average molecular weight is 276 g/mol. The van der Waals surface area contributed by atoms with E-state index >= 15 is 0 Å². The van der Waals surface area contributed by atoms with Crippen LogP contribution in [0.3, 0.4) is 0 Å². The number of rotatable bonds is 3. The van der Waals surface area contributed by atoms with Crippen molar-refractivity contribution in [1.29, 1.82) is 0 Å². The maximum absolute atomic E-state index is 10.7. The Hall–Kier alpha value is -1.58. The molecule has 0 atom stereocenters. The fraction of sp³-hybridized carbons (Fsp3) is 0.625. The zero-order valence-electron chi connectivity index (χ0n) is 12.8. The lowest BCUT2D eigenvalue weighted by Gasteiger charge is -2.45. The van der Waals surface area contributed by atoms with E-state index in [4.69, 9.17) is 0 Å². The van der Waals surface area contributed by atoms with Crippen molar-refractivity contribution in [2.45, 2.75) is 53.0 Å². The molecule has 0 aliphatic heterocycles. The molecule has 4 heteroatoms. The van der Waals surface area contributed by atoms with Gasteiger partial charge in [0.2, 0.25) is 0 Å². The molecule has 0 saturated heterocycles. The Bertz CT molecular complexity index is 476. The number of nitrogens with one attached hydrogen (secondary N) is 1. The quantitative estimate of drug-likeness (QED) is 0.647. The Balaban J connectivity index is 2.07. The van der Waals surface area contributed by atoms with Crippen LogP contribution < -0.4 is 5.32 Å². The van der Waals surface area contributed by atoms with E-state index in [2.05, 4.69) is 33.0 Å². The van der Waals surface area contributed by atoms with Crippen molar-refractivity contribution < 1.29 is 4.92 Å². The molecule has 0 bridgehead atoms. The first-order valence-electron chi connectivity index (χ1n) is 7.18. The first kappa shape index (κ1) is 14.8. The van der Waals surface area contributed by atoms with Gasteiger partial charge in [0, 0.05) is 23.9 Å². The van der Waals surface area contributed by atoms with Gasteiger partial charge in [0.15, 0.2) is 0 Å². The van der Waals surface area contributed by atoms with Crippen LogP contribution in [-0.4, -0.2) is 11.0 Å². The summed E-state index contributed by atoms with van der Waals surface area (Å²) in [5.41, 5.74) is 1.77. The van der Waals surface area contributed by atoms with Crippen molar-refractivity contribution >= 4 is 11.4 Å². The van der Waals surface area contributed by atoms with Crippen LogP contribution in [0.1, 0.15) is 47.0 Å². The molecule has 1 aliphatic rings. The van der Waals surface area contributed by atoms with E-state index in [0.717, 1.165) is 18.5 Å². The summed E-state index contributed by atoms with van der Waals surface area (Å²) in [7, 11) is 0. The molecule has 2 rings (SSSR count). The first-order valence-corrected chi connectivity index (χ1v) is 7.18. The molecule has 1 aromatic rings. The number of hydrogen-bond donors (Lipinski definition) is 1. The van der Waals surface area contributed by atoms with Gasteiger partial charge in [-0.05, 0) is 42.2 Å². The highest BCUT2D eigenvalue weighted by atomic mass is 16.6. The largest absolute Gasteiger partial charge is 0.382 e. The summed E-state index contributed by atoms with van der Waals surface area (Å²) in [6.07, 6.45) is 3.50. The molecular weight excluding hydrogens is 252 g/mol. The molecule has 1 aromatic carbocycles. The van der Waals surface area contributed by atoms with Gasteiger partial charge in [-0.2, -0.15) is 0 Å². The van der Waals surface area contributed by atoms with E-state index in [1.54, 1.807) is 24.3 Å². The zero-order valence-corrected chi connectivity index (χ0v) is 12.8. The van der Waals surface area contributed by atoms with Gasteiger partial charge >= 0.3 is 0 Å². The Morgan fingerprint density at radius 3 is 2.05 bits per heavy atom. The summed E-state index contributed by atoms with van der Waals surface area (Å²) in [6, 6.07) is 7.14. The number of nitro groups is 1. The normalized spacial score (nSPS) is 21.4. The molecule has 0 aromatic heterocycles. The monoisotopic (exact) mass is 276 g/mol. The summed E-state index contributed by atoms with van der Waals surface area (Å²) in [4.78, 5) is 10.3. The van der Waals surface area contributed by atoms with Gasteiger partial charge in [0.05, 0.1) is 4.92 Å². The van der Waals surface area contributed by atoms with Gasteiger partial charge in [0.25, 0.3) is 5.69 Å². The molecular formula is C16H24N2O2. The smallest absolute Gasteiger partial charge is 0.269 e. The number of nitro benzene ring substituents is 1. The molecule has 110 valence electrons. The molecule has 0 radical (unpaired) electrons. The lowest BCUT2D eigenvalue weighted by molar-refractivity contribution is -0.384. The van der Waals surface area contributed by atoms with E-state index in [9.17, 15) is 10.1 Å². The van der Waals surface area contributed by atoms with E-state index in [1.165, 1.54) is 6.42 Å². The van der Waals surface area contributed by atoms with Gasteiger partial charge in [-0.25, -0.2) is 0 Å². The fourth-order valence-corrected chi connectivity index (χ4v) is 3.86. The zero-order chi connectivity index (χ0) is 15.0. The summed E-state index contributed by atoms with van der Waals surface area (Å²) in [6.45, 7) is 9.27. The second-order valence-corrected chi connectivity index (χ2v) is 7.56. The summed E-state index contributed by atoms with van der Waals surface area (Å²) < 4.78 is 0. The van der Waals surface area contributed by atoms with E-state index in [1.807, 2.05) is 0 Å². The van der Waals surface area contributed by atoms with Crippen LogP contribution in [-0.2, 0) is 0 Å². The second kappa shape index (κ2) is 5.08. The molecule has 4 nitrogen and oxygen atoms in total. The topological polar surface area (TPSA) is 55.2 Å². The van der Waals surface area contributed by atoms with Crippen LogP contribution in [0.2, 0.25) is 0 Å². The van der Waals surface area contributed by atoms with Crippen molar-refractivity contribution in [2.75, 3.05) is 5.32 Å². The molecule has 1 fully saturated rings. The number of benzene rings is 1. The van der Waals surface area contributed by atoms with Crippen LogP contribution in [0.4, 0.5) is 11.4 Å². The fourth-order valence-electron chi connectivity index (χ4n) is 3.86. The minimum atomic E-state index is -0.364. The van der Waals surface area contributed by atoms with E-state index in [0.29, 0.717) is 16.9 Å². The Kier molecular flexibility index (Phi) is 3.76. The predicted octanol–water partition coefficient (Wildman–Crippen LogP) is 4.61.